The van der Waals surface area contributed by atoms with E-state index in [-0.39, 0.29) is 27.5 Å². The summed E-state index contributed by atoms with van der Waals surface area (Å²) in [5.41, 5.74) is 3.88. The van der Waals surface area contributed by atoms with E-state index in [4.69, 9.17) is 9.57 Å². The number of amides is 3. The third-order valence-corrected chi connectivity index (χ3v) is 8.83. The Balaban J connectivity index is 1.16. The molecule has 1 aromatic heterocycles. The Morgan fingerprint density at radius 2 is 1.59 bits per heavy atom. The Bertz CT molecular complexity index is 1980. The van der Waals surface area contributed by atoms with E-state index in [9.17, 15) is 28.0 Å². The second-order valence-electron chi connectivity index (χ2n) is 12.2. The van der Waals surface area contributed by atoms with Gasteiger partial charge in [-0.3, -0.25) is 9.59 Å². The molecule has 0 fully saturated rings. The second kappa shape index (κ2) is 13.8. The van der Waals surface area contributed by atoms with Crippen LogP contribution in [-0.2, 0) is 19.6 Å². The van der Waals surface area contributed by atoms with Gasteiger partial charge in [0, 0.05) is 5.56 Å². The molecule has 1 aliphatic heterocycles. The summed E-state index contributed by atoms with van der Waals surface area (Å²) in [6.07, 6.45) is -1.25. The minimum absolute atomic E-state index is 0.100. The highest BCUT2D eigenvalue weighted by Crippen LogP contribution is 2.26. The summed E-state index contributed by atoms with van der Waals surface area (Å²) < 4.78 is 34.5. The fourth-order valence-corrected chi connectivity index (χ4v) is 5.92. The first-order valence-electron chi connectivity index (χ1n) is 15.1. The van der Waals surface area contributed by atoms with Crippen LogP contribution in [0.25, 0.3) is 16.9 Å². The van der Waals surface area contributed by atoms with Crippen molar-refractivity contribution < 1.29 is 37.3 Å². The first-order valence-corrected chi connectivity index (χ1v) is 16.6. The number of rotatable bonds is 11. The largest absolute Gasteiger partial charge is 0.569 e. The topological polar surface area (TPSA) is 179 Å². The molecule has 0 spiro atoms. The third-order valence-electron chi connectivity index (χ3n) is 7.50. The van der Waals surface area contributed by atoms with Crippen molar-refractivity contribution in [3.8, 4) is 16.9 Å². The van der Waals surface area contributed by atoms with Gasteiger partial charge in [0.25, 0.3) is 21.8 Å². The van der Waals surface area contributed by atoms with Gasteiger partial charge in [-0.15, -0.1) is 5.01 Å². The van der Waals surface area contributed by atoms with Crippen LogP contribution in [0.15, 0.2) is 89.0 Å². The van der Waals surface area contributed by atoms with Crippen molar-refractivity contribution in [1.29, 1.82) is 0 Å². The van der Waals surface area contributed by atoms with Crippen LogP contribution in [0.1, 0.15) is 52.7 Å². The van der Waals surface area contributed by atoms with E-state index in [0.717, 1.165) is 32.4 Å². The van der Waals surface area contributed by atoms with Crippen molar-refractivity contribution in [2.24, 2.45) is 5.28 Å². The van der Waals surface area contributed by atoms with Gasteiger partial charge in [0.15, 0.2) is 0 Å². The predicted molar refractivity (Wildman–Crippen MR) is 176 cm³/mol. The van der Waals surface area contributed by atoms with Crippen LogP contribution in [0.3, 0.4) is 0 Å². The number of hydrazine groups is 1. The highest BCUT2D eigenvalue weighted by molar-refractivity contribution is 7.90. The SMILES string of the molecule is Cc1ccc(-c2cc(C)nn2-c2ccc(S(=O)(=O)NC(=O)OCCN(/[N+]([O-])=N/OCN3C(=O)c4ccccc4C3=O)C(C)(C)C)cc2)cc1. The molecule has 0 unspecified atom stereocenters. The van der Waals surface area contributed by atoms with E-state index >= 15 is 0 Å². The van der Waals surface area contributed by atoms with Gasteiger partial charge in [-0.1, -0.05) is 42.0 Å². The molecule has 49 heavy (non-hydrogen) atoms. The van der Waals surface area contributed by atoms with Crippen molar-refractivity contribution in [2.75, 3.05) is 19.9 Å². The summed E-state index contributed by atoms with van der Waals surface area (Å²) in [5.74, 6) is -1.15. The molecule has 16 heteroatoms. The minimum Gasteiger partial charge on any atom is -0.569 e. The average molecular weight is 690 g/mol. The number of nitrogens with one attached hydrogen (secondary N) is 1. The zero-order valence-corrected chi connectivity index (χ0v) is 28.3. The minimum atomic E-state index is -4.30. The third kappa shape index (κ3) is 7.70. The zero-order valence-electron chi connectivity index (χ0n) is 27.5. The van der Waals surface area contributed by atoms with Crippen molar-refractivity contribution >= 4 is 27.9 Å². The Morgan fingerprint density at radius 3 is 2.18 bits per heavy atom. The van der Waals surface area contributed by atoms with E-state index in [0.29, 0.717) is 5.69 Å². The van der Waals surface area contributed by atoms with E-state index in [1.165, 1.54) is 24.3 Å². The normalized spacial score (nSPS) is 13.3. The summed E-state index contributed by atoms with van der Waals surface area (Å²) in [6, 6.07) is 22.0. The second-order valence-corrected chi connectivity index (χ2v) is 13.8. The van der Waals surface area contributed by atoms with Gasteiger partial charge in [0.2, 0.25) is 12.0 Å². The lowest BCUT2D eigenvalue weighted by molar-refractivity contribution is -0.725. The number of nitrogens with zero attached hydrogens (tertiary/aromatic N) is 6. The Labute approximate surface area is 282 Å². The lowest BCUT2D eigenvalue weighted by atomic mass is 10.1. The van der Waals surface area contributed by atoms with Crippen molar-refractivity contribution in [2.45, 2.75) is 45.1 Å². The quantitative estimate of drug-likeness (QED) is 0.100. The Hall–Kier alpha value is -5.77. The maximum atomic E-state index is 12.9. The van der Waals surface area contributed by atoms with Crippen LogP contribution in [-0.4, -0.2) is 76.4 Å². The van der Waals surface area contributed by atoms with Gasteiger partial charge in [-0.25, -0.2) is 27.5 Å². The number of aromatic nitrogens is 2. The van der Waals surface area contributed by atoms with E-state index in [1.54, 1.807) is 49.7 Å². The first kappa shape index (κ1) is 34.6. The van der Waals surface area contributed by atoms with Crippen LogP contribution in [0.5, 0.6) is 0 Å². The maximum absolute atomic E-state index is 12.9. The van der Waals surface area contributed by atoms with Gasteiger partial charge in [0.1, 0.15) is 13.2 Å². The number of carbonyl (C=O) groups is 3. The number of ether oxygens (including phenoxy) is 1. The molecule has 0 saturated heterocycles. The van der Waals surface area contributed by atoms with Crippen LogP contribution in [0.4, 0.5) is 4.79 Å². The van der Waals surface area contributed by atoms with Gasteiger partial charge in [-0.2, -0.15) is 5.10 Å². The predicted octanol–water partition coefficient (Wildman–Crippen LogP) is 4.73. The zero-order chi connectivity index (χ0) is 35.5. The molecule has 256 valence electrons. The average Bonchev–Trinajstić information content (AvgIpc) is 3.55. The van der Waals surface area contributed by atoms with Crippen LogP contribution < -0.4 is 4.72 Å². The van der Waals surface area contributed by atoms with Gasteiger partial charge in [-0.05, 0) is 77.1 Å². The summed E-state index contributed by atoms with van der Waals surface area (Å²) in [6.45, 7) is 7.70. The first-order chi connectivity index (χ1) is 23.2. The molecule has 1 aliphatic rings. The van der Waals surface area contributed by atoms with Crippen molar-refractivity contribution in [3.63, 3.8) is 0 Å². The van der Waals surface area contributed by atoms with E-state index in [2.05, 4.69) is 10.4 Å². The van der Waals surface area contributed by atoms with Gasteiger partial charge < -0.3 is 14.8 Å². The fourth-order valence-electron chi connectivity index (χ4n) is 5.03. The molecule has 3 aromatic carbocycles. The maximum Gasteiger partial charge on any atom is 0.421 e. The summed E-state index contributed by atoms with van der Waals surface area (Å²) in [7, 11) is -4.30. The number of imide groups is 1. The molecule has 0 radical (unpaired) electrons. The van der Waals surface area contributed by atoms with Crippen molar-refractivity contribution in [3.05, 3.63) is 106 Å². The summed E-state index contributed by atoms with van der Waals surface area (Å²) in [5, 5.41) is 21.9. The molecule has 2 heterocycles. The molecule has 0 bridgehead atoms. The number of benzene rings is 3. The highest BCUT2D eigenvalue weighted by atomic mass is 32.2. The molecule has 0 aliphatic carbocycles. The molecule has 4 aromatic rings. The Kier molecular flexibility index (Phi) is 9.71. The molecule has 3 amide bonds. The van der Waals surface area contributed by atoms with Gasteiger partial charge >= 0.3 is 6.09 Å². The van der Waals surface area contributed by atoms with Crippen LogP contribution in [0.2, 0.25) is 0 Å². The lowest BCUT2D eigenvalue weighted by Crippen LogP contribution is -2.48. The number of hydrogen-bond donors (Lipinski definition) is 1. The fraction of sp³-hybridized carbons (Fsp3) is 0.273. The molecule has 0 saturated carbocycles. The molecular weight excluding hydrogens is 654 g/mol. The number of carbonyl (C=O) groups excluding carboxylic acids is 3. The number of hydrogen-bond acceptors (Lipinski definition) is 10. The van der Waals surface area contributed by atoms with Gasteiger partial charge in [0.05, 0.1) is 43.6 Å². The summed E-state index contributed by atoms with van der Waals surface area (Å²) >= 11 is 0. The van der Waals surface area contributed by atoms with Crippen LogP contribution in [0, 0.1) is 19.1 Å². The van der Waals surface area contributed by atoms with Crippen molar-refractivity contribution in [1.82, 2.24) is 24.4 Å². The number of fused-ring (bicyclic) bond motifs is 1. The van der Waals surface area contributed by atoms with E-state index in [1.807, 2.05) is 48.9 Å². The monoisotopic (exact) mass is 689 g/mol. The van der Waals surface area contributed by atoms with Crippen LogP contribution >= 0.6 is 0 Å². The molecule has 15 nitrogen and oxygen atoms in total. The number of sulfonamides is 1. The standard InChI is InChI=1S/C33H35N7O8S/c1-22-10-12-24(13-11-22)29-20-23(2)34-39(29)25-14-16-26(17-15-25)49(45,46)35-32(43)47-19-18-38(33(3,4)5)40(44)36-48-21-37-30(41)27-8-6-7-9-28(27)31(37)42/h6-17,20H,18-19,21H2,1-5H3,(H,35,43)/b40-36-. The molecule has 5 rings (SSSR count). The number of aryl methyl sites for hydroxylation is 2. The molecular formula is C33H35N7O8S. The highest BCUT2D eigenvalue weighted by Gasteiger charge is 2.36. The molecule has 1 N–H and O–H groups in total. The van der Waals surface area contributed by atoms with E-state index < -0.39 is 46.8 Å². The lowest BCUT2D eigenvalue weighted by Gasteiger charge is -2.30. The molecule has 0 atom stereocenters. The summed E-state index contributed by atoms with van der Waals surface area (Å²) in [4.78, 5) is 43.2. The Morgan fingerprint density at radius 1 is 0.980 bits per heavy atom. The smallest absolute Gasteiger partial charge is 0.421 e.